The molecule has 5 nitrogen and oxygen atoms in total. The molecule has 0 aliphatic carbocycles. The number of hydrogen-bond donors (Lipinski definition) is 1. The number of nitrogens with zero attached hydrogens (tertiary/aromatic N) is 4. The summed E-state index contributed by atoms with van der Waals surface area (Å²) < 4.78 is 0. The first-order valence-corrected chi connectivity index (χ1v) is 10.0. The van der Waals surface area contributed by atoms with E-state index in [2.05, 4.69) is 61.4 Å². The molecule has 1 unspecified atom stereocenters. The summed E-state index contributed by atoms with van der Waals surface area (Å²) in [5.74, 6) is 1.04. The Balaban J connectivity index is 0.00000210. The fraction of sp³-hybridized carbons (Fsp3) is 0.571. The van der Waals surface area contributed by atoms with E-state index >= 15 is 0 Å². The molecule has 4 rings (SSSR count). The first kappa shape index (κ1) is 20.5. The predicted molar refractivity (Wildman–Crippen MR) is 124 cm³/mol. The highest BCUT2D eigenvalue weighted by molar-refractivity contribution is 14.0. The molecule has 0 radical (unpaired) electrons. The molecule has 0 spiro atoms. The Bertz CT molecular complexity index is 643. The van der Waals surface area contributed by atoms with Gasteiger partial charge in [0, 0.05) is 51.5 Å². The van der Waals surface area contributed by atoms with E-state index in [1.54, 1.807) is 0 Å². The van der Waals surface area contributed by atoms with Crippen molar-refractivity contribution in [3.63, 3.8) is 0 Å². The van der Waals surface area contributed by atoms with Gasteiger partial charge in [0.25, 0.3) is 0 Å². The third-order valence-corrected chi connectivity index (χ3v) is 5.90. The predicted octanol–water partition coefficient (Wildman–Crippen LogP) is 2.93. The van der Waals surface area contributed by atoms with Crippen molar-refractivity contribution >= 4 is 35.6 Å². The van der Waals surface area contributed by atoms with Crippen molar-refractivity contribution in [2.75, 3.05) is 51.2 Å². The van der Waals surface area contributed by atoms with Crippen LogP contribution >= 0.6 is 24.0 Å². The van der Waals surface area contributed by atoms with Gasteiger partial charge in [-0.1, -0.05) is 24.3 Å². The Hall–Kier alpha value is -1.28. The van der Waals surface area contributed by atoms with Gasteiger partial charge in [-0.2, -0.15) is 0 Å². The molecule has 3 heterocycles. The zero-order valence-electron chi connectivity index (χ0n) is 16.3. The number of guanidine groups is 1. The summed E-state index contributed by atoms with van der Waals surface area (Å²) in [6.07, 6.45) is 8.45. The molecule has 0 amide bonds. The Labute approximate surface area is 180 Å². The van der Waals surface area contributed by atoms with Crippen molar-refractivity contribution < 1.29 is 0 Å². The summed E-state index contributed by atoms with van der Waals surface area (Å²) in [4.78, 5) is 12.0. The molecule has 6 heteroatoms. The summed E-state index contributed by atoms with van der Waals surface area (Å²) in [6, 6.07) is 9.62. The number of anilines is 1. The minimum absolute atomic E-state index is 0. The molecule has 1 aromatic rings. The van der Waals surface area contributed by atoms with E-state index in [0.29, 0.717) is 6.04 Å². The second-order valence-electron chi connectivity index (χ2n) is 7.58. The van der Waals surface area contributed by atoms with Gasteiger partial charge >= 0.3 is 0 Å². The average Bonchev–Trinajstić information content (AvgIpc) is 3.43. The molecule has 0 saturated carbocycles. The number of halogens is 1. The minimum Gasteiger partial charge on any atom is -0.364 e. The van der Waals surface area contributed by atoms with E-state index in [0.717, 1.165) is 38.7 Å². The van der Waals surface area contributed by atoms with Crippen LogP contribution in [0.2, 0.25) is 0 Å². The van der Waals surface area contributed by atoms with Crippen molar-refractivity contribution in [3.05, 3.63) is 42.0 Å². The number of benzene rings is 1. The van der Waals surface area contributed by atoms with E-state index < -0.39 is 0 Å². The average molecular weight is 481 g/mol. The maximum atomic E-state index is 4.52. The van der Waals surface area contributed by atoms with E-state index in [-0.39, 0.29) is 24.0 Å². The molecule has 148 valence electrons. The highest BCUT2D eigenvalue weighted by atomic mass is 127. The van der Waals surface area contributed by atoms with Crippen LogP contribution in [0.4, 0.5) is 5.69 Å². The maximum absolute atomic E-state index is 4.52. The molecule has 3 aliphatic rings. The van der Waals surface area contributed by atoms with Gasteiger partial charge in [-0.3, -0.25) is 9.89 Å². The van der Waals surface area contributed by atoms with Crippen LogP contribution in [0.3, 0.4) is 0 Å². The van der Waals surface area contributed by atoms with Crippen molar-refractivity contribution in [2.45, 2.75) is 31.8 Å². The van der Waals surface area contributed by atoms with Gasteiger partial charge in [0.15, 0.2) is 5.96 Å². The third kappa shape index (κ3) is 4.96. The Morgan fingerprint density at radius 3 is 2.44 bits per heavy atom. The summed E-state index contributed by atoms with van der Waals surface area (Å²) in [5, 5.41) is 3.56. The first-order chi connectivity index (χ1) is 12.8. The lowest BCUT2D eigenvalue weighted by atomic mass is 10.2. The van der Waals surface area contributed by atoms with Gasteiger partial charge in [0.2, 0.25) is 0 Å². The number of aliphatic imine (C=N–C) groups is 1. The van der Waals surface area contributed by atoms with E-state index in [4.69, 9.17) is 0 Å². The van der Waals surface area contributed by atoms with Crippen molar-refractivity contribution in [1.82, 2.24) is 15.1 Å². The van der Waals surface area contributed by atoms with E-state index in [9.17, 15) is 0 Å². The van der Waals surface area contributed by atoms with Crippen molar-refractivity contribution in [2.24, 2.45) is 4.99 Å². The normalized spacial score (nSPS) is 23.1. The minimum atomic E-state index is 0. The highest BCUT2D eigenvalue weighted by Gasteiger charge is 2.30. The molecular weight excluding hydrogens is 449 g/mol. The maximum Gasteiger partial charge on any atom is 0.193 e. The molecule has 0 aromatic heterocycles. The van der Waals surface area contributed by atoms with Crippen LogP contribution in [0, 0.1) is 0 Å². The third-order valence-electron chi connectivity index (χ3n) is 5.90. The molecule has 3 aliphatic heterocycles. The quantitative estimate of drug-likeness (QED) is 0.311. The van der Waals surface area contributed by atoms with Crippen LogP contribution in [-0.2, 0) is 6.54 Å². The number of nitrogens with one attached hydrogen (secondary N) is 1. The fourth-order valence-corrected chi connectivity index (χ4v) is 4.37. The number of likely N-dealkylation sites (tertiary alicyclic amines) is 2. The van der Waals surface area contributed by atoms with Gasteiger partial charge in [-0.25, -0.2) is 0 Å². The summed E-state index contributed by atoms with van der Waals surface area (Å²) in [5.41, 5.74) is 2.61. The lowest BCUT2D eigenvalue weighted by molar-refractivity contribution is 0.249. The molecule has 27 heavy (non-hydrogen) atoms. The molecule has 0 bridgehead atoms. The molecule has 1 aromatic carbocycles. The number of hydrogen-bond acceptors (Lipinski definition) is 3. The highest BCUT2D eigenvalue weighted by Crippen LogP contribution is 2.21. The molecule has 1 atom stereocenters. The Morgan fingerprint density at radius 2 is 1.78 bits per heavy atom. The SMILES string of the molecule is CN=C(NCc1ccc(N2CC=CC2)cc1)N1CCC(N2CCCC2)C1.I. The number of rotatable bonds is 4. The lowest BCUT2D eigenvalue weighted by Gasteiger charge is -2.25. The van der Waals surface area contributed by atoms with Crippen LogP contribution in [0.5, 0.6) is 0 Å². The monoisotopic (exact) mass is 481 g/mol. The van der Waals surface area contributed by atoms with Crippen molar-refractivity contribution in [1.29, 1.82) is 0 Å². The molecule has 2 fully saturated rings. The van der Waals surface area contributed by atoms with Gasteiger partial charge in [0.1, 0.15) is 0 Å². The van der Waals surface area contributed by atoms with E-state index in [1.165, 1.54) is 43.6 Å². The largest absolute Gasteiger partial charge is 0.364 e. The van der Waals surface area contributed by atoms with Crippen LogP contribution in [0.1, 0.15) is 24.8 Å². The zero-order valence-corrected chi connectivity index (χ0v) is 18.6. The summed E-state index contributed by atoms with van der Waals surface area (Å²) in [6.45, 7) is 7.67. The van der Waals surface area contributed by atoms with Crippen LogP contribution in [0.25, 0.3) is 0 Å². The Morgan fingerprint density at radius 1 is 1.07 bits per heavy atom. The molecular formula is C21H32IN5. The standard InChI is InChI=1S/C21H31N5.HI/c1-22-21(26-15-10-20(17-26)25-13-4-5-14-25)23-16-18-6-8-19(9-7-18)24-11-2-3-12-24;/h2-3,6-9,20H,4-5,10-17H2,1H3,(H,22,23);1H. The van der Waals surface area contributed by atoms with Gasteiger partial charge in [0.05, 0.1) is 0 Å². The summed E-state index contributed by atoms with van der Waals surface area (Å²) >= 11 is 0. The molecule has 1 N–H and O–H groups in total. The second kappa shape index (κ2) is 9.78. The van der Waals surface area contributed by atoms with Gasteiger partial charge in [-0.05, 0) is 50.0 Å². The second-order valence-corrected chi connectivity index (χ2v) is 7.58. The van der Waals surface area contributed by atoms with Gasteiger partial charge in [-0.15, -0.1) is 24.0 Å². The Kier molecular flexibility index (Phi) is 7.41. The van der Waals surface area contributed by atoms with Crippen LogP contribution < -0.4 is 10.2 Å². The van der Waals surface area contributed by atoms with Crippen molar-refractivity contribution in [3.8, 4) is 0 Å². The molecule has 2 saturated heterocycles. The van der Waals surface area contributed by atoms with Crippen LogP contribution in [-0.4, -0.2) is 68.1 Å². The topological polar surface area (TPSA) is 34.1 Å². The zero-order chi connectivity index (χ0) is 17.8. The smallest absolute Gasteiger partial charge is 0.193 e. The fourth-order valence-electron chi connectivity index (χ4n) is 4.37. The van der Waals surface area contributed by atoms with Gasteiger partial charge < -0.3 is 15.1 Å². The van der Waals surface area contributed by atoms with Crippen LogP contribution in [0.15, 0.2) is 41.4 Å². The lowest BCUT2D eigenvalue weighted by Crippen LogP contribution is -2.42. The first-order valence-electron chi connectivity index (χ1n) is 10.0. The summed E-state index contributed by atoms with van der Waals surface area (Å²) in [7, 11) is 1.90. The van der Waals surface area contributed by atoms with E-state index in [1.807, 2.05) is 7.05 Å².